The molecule has 1 amide bonds. The summed E-state index contributed by atoms with van der Waals surface area (Å²) in [7, 11) is 0. The van der Waals surface area contributed by atoms with Crippen molar-refractivity contribution in [3.05, 3.63) is 30.2 Å². The molecule has 2 atom stereocenters. The quantitative estimate of drug-likeness (QED) is 0.783. The van der Waals surface area contributed by atoms with Gasteiger partial charge in [0.2, 0.25) is 5.91 Å². The molecule has 1 fully saturated rings. The van der Waals surface area contributed by atoms with E-state index in [1.54, 1.807) is 36.2 Å². The summed E-state index contributed by atoms with van der Waals surface area (Å²) >= 11 is 1.75. The van der Waals surface area contributed by atoms with Crippen LogP contribution in [0.3, 0.4) is 0 Å². The molecule has 2 N–H and O–H groups in total. The number of hydrogen-bond donors (Lipinski definition) is 2. The highest BCUT2D eigenvalue weighted by atomic mass is 32.2. The fraction of sp³-hybridized carbons (Fsp3) is 0.500. The zero-order chi connectivity index (χ0) is 13.7. The van der Waals surface area contributed by atoms with E-state index in [2.05, 4.69) is 12.2 Å². The first-order chi connectivity index (χ1) is 9.14. The van der Waals surface area contributed by atoms with Gasteiger partial charge in [0.1, 0.15) is 5.76 Å². The summed E-state index contributed by atoms with van der Waals surface area (Å²) in [4.78, 5) is 11.6. The molecular weight excluding hydrogens is 262 g/mol. The van der Waals surface area contributed by atoms with E-state index in [4.69, 9.17) is 4.42 Å². The van der Waals surface area contributed by atoms with E-state index in [-0.39, 0.29) is 11.2 Å². The number of furan rings is 1. The molecule has 0 saturated heterocycles. The van der Waals surface area contributed by atoms with Crippen molar-refractivity contribution < 1.29 is 14.3 Å². The molecule has 4 nitrogen and oxygen atoms in total. The first-order valence-corrected chi connectivity index (χ1v) is 7.52. The predicted molar refractivity (Wildman–Crippen MR) is 76.9 cm³/mol. The minimum atomic E-state index is -0.741. The zero-order valence-electron chi connectivity index (χ0n) is 11.0. The van der Waals surface area contributed by atoms with Crippen molar-refractivity contribution in [2.75, 3.05) is 12.3 Å². The Kier molecular flexibility index (Phi) is 4.71. The highest BCUT2D eigenvalue weighted by molar-refractivity contribution is 8.00. The van der Waals surface area contributed by atoms with Gasteiger partial charge in [-0.15, -0.1) is 0 Å². The average molecular weight is 281 g/mol. The molecule has 104 valence electrons. The van der Waals surface area contributed by atoms with Crippen LogP contribution in [0.2, 0.25) is 0 Å². The Bertz CT molecular complexity index is 444. The maximum atomic E-state index is 11.6. The molecule has 0 radical (unpaired) electrons. The third-order valence-electron chi connectivity index (χ3n) is 3.32. The molecule has 19 heavy (non-hydrogen) atoms. The lowest BCUT2D eigenvalue weighted by Crippen LogP contribution is -2.56. The van der Waals surface area contributed by atoms with Crippen LogP contribution in [0.4, 0.5) is 0 Å². The molecule has 1 aromatic heterocycles. The Balaban J connectivity index is 1.77. The Hall–Kier alpha value is -1.20. The molecule has 1 heterocycles. The van der Waals surface area contributed by atoms with E-state index < -0.39 is 5.60 Å². The van der Waals surface area contributed by atoms with Crippen LogP contribution < -0.4 is 5.32 Å². The van der Waals surface area contributed by atoms with E-state index in [9.17, 15) is 9.90 Å². The van der Waals surface area contributed by atoms with E-state index >= 15 is 0 Å². The average Bonchev–Trinajstić information content (AvgIpc) is 2.91. The zero-order valence-corrected chi connectivity index (χ0v) is 11.8. The molecule has 1 aliphatic carbocycles. The number of carbonyl (C=O) groups is 1. The number of rotatable bonds is 6. The van der Waals surface area contributed by atoms with Crippen LogP contribution in [0.1, 0.15) is 25.5 Å². The lowest BCUT2D eigenvalue weighted by atomic mass is 9.79. The second-order valence-corrected chi connectivity index (χ2v) is 6.13. The summed E-state index contributed by atoms with van der Waals surface area (Å²) in [5.41, 5.74) is -0.741. The molecule has 1 aromatic rings. The van der Waals surface area contributed by atoms with Gasteiger partial charge in [-0.3, -0.25) is 4.79 Å². The molecule has 2 rings (SSSR count). The number of amides is 1. The maximum absolute atomic E-state index is 11.6. The second kappa shape index (κ2) is 6.30. The first kappa shape index (κ1) is 14.2. The van der Waals surface area contributed by atoms with Crippen molar-refractivity contribution in [3.8, 4) is 0 Å². The van der Waals surface area contributed by atoms with Crippen LogP contribution in [0.5, 0.6) is 0 Å². The summed E-state index contributed by atoms with van der Waals surface area (Å²) in [6.07, 6.45) is 6.36. The number of carbonyl (C=O) groups excluding carboxylic acids is 1. The third-order valence-corrected chi connectivity index (χ3v) is 4.73. The van der Waals surface area contributed by atoms with Crippen LogP contribution in [0.15, 0.2) is 28.9 Å². The van der Waals surface area contributed by atoms with Gasteiger partial charge in [0, 0.05) is 17.9 Å². The number of aliphatic hydroxyl groups is 1. The normalized spacial score (nSPS) is 26.3. The van der Waals surface area contributed by atoms with Gasteiger partial charge in [0.05, 0.1) is 11.9 Å². The standard InChI is InChI=1S/C14H19NO3S/c1-2-19-12-7-8-14(12,17)10-15-13(16)6-5-11-4-3-9-18-11/h3-6,9,12,17H,2,7-8,10H2,1H3,(H,15,16). The van der Waals surface area contributed by atoms with Crippen molar-refractivity contribution in [1.82, 2.24) is 5.32 Å². The monoisotopic (exact) mass is 281 g/mol. The maximum Gasteiger partial charge on any atom is 0.244 e. The van der Waals surface area contributed by atoms with Gasteiger partial charge in [-0.05, 0) is 36.8 Å². The minimum absolute atomic E-state index is 0.211. The fourth-order valence-electron chi connectivity index (χ4n) is 2.08. The van der Waals surface area contributed by atoms with Crippen molar-refractivity contribution >= 4 is 23.7 Å². The van der Waals surface area contributed by atoms with Crippen molar-refractivity contribution in [1.29, 1.82) is 0 Å². The minimum Gasteiger partial charge on any atom is -0.465 e. The van der Waals surface area contributed by atoms with Gasteiger partial charge in [0.25, 0.3) is 0 Å². The van der Waals surface area contributed by atoms with Gasteiger partial charge < -0.3 is 14.8 Å². The molecule has 1 saturated carbocycles. The summed E-state index contributed by atoms with van der Waals surface area (Å²) in [5.74, 6) is 1.41. The predicted octanol–water partition coefficient (Wildman–Crippen LogP) is 2.06. The number of nitrogens with one attached hydrogen (secondary N) is 1. The van der Waals surface area contributed by atoms with Crippen molar-refractivity contribution in [3.63, 3.8) is 0 Å². The van der Waals surface area contributed by atoms with Gasteiger partial charge in [0.15, 0.2) is 0 Å². The van der Waals surface area contributed by atoms with Gasteiger partial charge >= 0.3 is 0 Å². The van der Waals surface area contributed by atoms with E-state index in [1.165, 1.54) is 6.08 Å². The highest BCUT2D eigenvalue weighted by Gasteiger charge is 2.45. The summed E-state index contributed by atoms with van der Waals surface area (Å²) in [5, 5.41) is 13.3. The summed E-state index contributed by atoms with van der Waals surface area (Å²) < 4.78 is 5.09. The van der Waals surface area contributed by atoms with Crippen LogP contribution >= 0.6 is 11.8 Å². The number of hydrogen-bond acceptors (Lipinski definition) is 4. The SMILES string of the molecule is CCSC1CCC1(O)CNC(=O)C=Cc1ccco1. The van der Waals surface area contributed by atoms with Crippen LogP contribution in [0.25, 0.3) is 6.08 Å². The molecular formula is C14H19NO3S. The first-order valence-electron chi connectivity index (χ1n) is 6.47. The molecule has 5 heteroatoms. The summed E-state index contributed by atoms with van der Waals surface area (Å²) in [6.45, 7) is 2.39. The smallest absolute Gasteiger partial charge is 0.244 e. The van der Waals surface area contributed by atoms with Crippen LogP contribution in [-0.2, 0) is 4.79 Å². The fourth-order valence-corrected chi connectivity index (χ4v) is 3.28. The lowest BCUT2D eigenvalue weighted by molar-refractivity contribution is -0.118. The molecule has 0 bridgehead atoms. The Morgan fingerprint density at radius 2 is 2.58 bits per heavy atom. The third kappa shape index (κ3) is 3.64. The summed E-state index contributed by atoms with van der Waals surface area (Å²) in [6, 6.07) is 3.54. The molecule has 0 spiro atoms. The highest BCUT2D eigenvalue weighted by Crippen LogP contribution is 2.40. The van der Waals surface area contributed by atoms with Crippen molar-refractivity contribution in [2.45, 2.75) is 30.6 Å². The van der Waals surface area contributed by atoms with E-state index in [0.29, 0.717) is 12.3 Å². The molecule has 0 aromatic carbocycles. The molecule has 2 unspecified atom stereocenters. The lowest BCUT2D eigenvalue weighted by Gasteiger charge is -2.44. The van der Waals surface area contributed by atoms with E-state index in [1.807, 2.05) is 0 Å². The van der Waals surface area contributed by atoms with Crippen molar-refractivity contribution in [2.24, 2.45) is 0 Å². The van der Waals surface area contributed by atoms with Gasteiger partial charge in [-0.2, -0.15) is 11.8 Å². The topological polar surface area (TPSA) is 62.5 Å². The van der Waals surface area contributed by atoms with Gasteiger partial charge in [-0.25, -0.2) is 0 Å². The van der Waals surface area contributed by atoms with E-state index in [0.717, 1.165) is 18.6 Å². The second-order valence-electron chi connectivity index (χ2n) is 4.65. The molecule has 0 aliphatic heterocycles. The largest absolute Gasteiger partial charge is 0.465 e. The van der Waals surface area contributed by atoms with Crippen LogP contribution in [-0.4, -0.2) is 34.2 Å². The Morgan fingerprint density at radius 3 is 3.16 bits per heavy atom. The van der Waals surface area contributed by atoms with Gasteiger partial charge in [-0.1, -0.05) is 6.92 Å². The Labute approximate surface area is 117 Å². The Morgan fingerprint density at radius 1 is 1.74 bits per heavy atom. The van der Waals surface area contributed by atoms with Crippen LogP contribution in [0, 0.1) is 0 Å². The molecule has 1 aliphatic rings. The number of thioether (sulfide) groups is 1.